The zero-order chi connectivity index (χ0) is 38.6. The average Bonchev–Trinajstić information content (AvgIpc) is 3.38. The monoisotopic (exact) mass is 792 g/mol. The molecule has 0 aromatic heterocycles. The van der Waals surface area contributed by atoms with Crippen LogP contribution in [0.1, 0.15) is 68.0 Å². The maximum absolute atomic E-state index is 15.7. The molecule has 0 bridgehead atoms. The van der Waals surface area contributed by atoms with Crippen molar-refractivity contribution < 1.29 is 47.3 Å². The molecular formula is C50H45ClO4Ti. The predicted octanol–water partition coefficient (Wildman–Crippen LogP) is 8.24. The fourth-order valence-corrected chi connectivity index (χ4v) is 11.5. The van der Waals surface area contributed by atoms with Gasteiger partial charge in [-0.2, -0.15) is 0 Å². The van der Waals surface area contributed by atoms with E-state index < -0.39 is 46.8 Å². The van der Waals surface area contributed by atoms with Crippen molar-refractivity contribution in [3.8, 4) is 0 Å². The molecule has 6 aromatic carbocycles. The number of halogens is 1. The summed E-state index contributed by atoms with van der Waals surface area (Å²) in [6.07, 6.45) is 0. The summed E-state index contributed by atoms with van der Waals surface area (Å²) in [7, 11) is 0. The van der Waals surface area contributed by atoms with Crippen LogP contribution in [0.25, 0.3) is 0 Å². The molecule has 56 heavy (non-hydrogen) atoms. The van der Waals surface area contributed by atoms with E-state index in [0.717, 1.165) is 54.0 Å². The van der Waals surface area contributed by atoms with Gasteiger partial charge in [0.15, 0.2) is 0 Å². The molecule has 0 spiro atoms. The second-order valence-electron chi connectivity index (χ2n) is 14.6. The molecule has 1 aliphatic carbocycles. The van der Waals surface area contributed by atoms with Gasteiger partial charge in [0.05, 0.1) is 0 Å². The molecule has 0 atom stereocenters. The van der Waals surface area contributed by atoms with Crippen LogP contribution in [0.5, 0.6) is 0 Å². The third-order valence-electron chi connectivity index (χ3n) is 11.5. The minimum Gasteiger partial charge on any atom is -1.00 e. The smallest absolute Gasteiger partial charge is 1.00 e. The van der Waals surface area contributed by atoms with Crippen molar-refractivity contribution in [2.75, 3.05) is 0 Å². The van der Waals surface area contributed by atoms with Gasteiger partial charge >= 0.3 is 334 Å². The van der Waals surface area contributed by atoms with Crippen LogP contribution in [0, 0.1) is 5.41 Å². The SMILES string of the molecule is CC1=C(C)C(C)(C)[C]([Ti+]([O]C(=O)C(c2ccccc2)(c2ccccc2)c2ccccc2)[O]C(=O)C(c2ccccc2)(c2ccccc2)c2ccccc2)=C1C.[Cl-]. The molecule has 0 radical (unpaired) electrons. The molecule has 4 nitrogen and oxygen atoms in total. The normalized spacial score (nSPS) is 13.8. The number of allylic oxidation sites excluding steroid dienone is 4. The van der Waals surface area contributed by atoms with Crippen LogP contribution in [0.3, 0.4) is 0 Å². The van der Waals surface area contributed by atoms with E-state index in [1.807, 2.05) is 182 Å². The Morgan fingerprint density at radius 3 is 0.857 bits per heavy atom. The largest absolute Gasteiger partial charge is 1.00 e. The first-order chi connectivity index (χ1) is 26.6. The second kappa shape index (κ2) is 16.9. The van der Waals surface area contributed by atoms with Crippen LogP contribution in [0.2, 0.25) is 0 Å². The fourth-order valence-electron chi connectivity index (χ4n) is 8.28. The Kier molecular flexibility index (Phi) is 12.2. The number of benzene rings is 6. The number of rotatable bonds is 11. The van der Waals surface area contributed by atoms with E-state index in [0.29, 0.717) is 0 Å². The summed E-state index contributed by atoms with van der Waals surface area (Å²) in [4.78, 5) is 31.5. The van der Waals surface area contributed by atoms with Crippen molar-refractivity contribution in [3.05, 3.63) is 236 Å². The Morgan fingerprint density at radius 2 is 0.661 bits per heavy atom. The number of carbonyl (C=O) groups excluding carboxylic acids is 2. The van der Waals surface area contributed by atoms with Gasteiger partial charge in [-0.15, -0.1) is 0 Å². The summed E-state index contributed by atoms with van der Waals surface area (Å²) in [5, 5.41) is 0. The number of carbonyl (C=O) groups is 2. The molecule has 6 aromatic rings. The Balaban J connectivity index is 0.00000532. The average molecular weight is 793 g/mol. The van der Waals surface area contributed by atoms with E-state index in [1.165, 1.54) is 0 Å². The topological polar surface area (TPSA) is 52.6 Å². The van der Waals surface area contributed by atoms with E-state index in [4.69, 9.17) is 6.64 Å². The van der Waals surface area contributed by atoms with Crippen LogP contribution in [0.15, 0.2) is 203 Å². The summed E-state index contributed by atoms with van der Waals surface area (Å²) >= 11 is -3.88. The Labute approximate surface area is 344 Å². The minimum absolute atomic E-state index is 0. The van der Waals surface area contributed by atoms with Crippen molar-refractivity contribution in [3.63, 3.8) is 0 Å². The van der Waals surface area contributed by atoms with Crippen LogP contribution in [-0.2, 0) is 45.7 Å². The first-order valence-corrected chi connectivity index (χ1v) is 20.7. The molecule has 0 unspecified atom stereocenters. The van der Waals surface area contributed by atoms with Crippen molar-refractivity contribution in [2.24, 2.45) is 5.41 Å². The molecule has 7 rings (SSSR count). The van der Waals surface area contributed by atoms with E-state index in [2.05, 4.69) is 34.6 Å². The fraction of sp³-hybridized carbons (Fsp3) is 0.160. The van der Waals surface area contributed by atoms with Crippen molar-refractivity contribution >= 4 is 11.9 Å². The Bertz CT molecular complexity index is 2010. The molecule has 0 fully saturated rings. The van der Waals surface area contributed by atoms with Gasteiger partial charge in [0.25, 0.3) is 0 Å². The maximum atomic E-state index is 15.7. The summed E-state index contributed by atoms with van der Waals surface area (Å²) < 4.78 is 15.0. The molecule has 0 saturated carbocycles. The van der Waals surface area contributed by atoms with Crippen molar-refractivity contribution in [1.82, 2.24) is 0 Å². The molecular weight excluding hydrogens is 748 g/mol. The number of hydrogen-bond acceptors (Lipinski definition) is 4. The van der Waals surface area contributed by atoms with Crippen LogP contribution in [-0.4, -0.2) is 11.9 Å². The molecule has 1 aliphatic rings. The molecule has 6 heteroatoms. The van der Waals surface area contributed by atoms with Gasteiger partial charge in [0, 0.05) is 0 Å². The molecule has 0 saturated heterocycles. The van der Waals surface area contributed by atoms with Crippen molar-refractivity contribution in [1.29, 1.82) is 0 Å². The van der Waals surface area contributed by atoms with Gasteiger partial charge < -0.3 is 12.4 Å². The Morgan fingerprint density at radius 1 is 0.429 bits per heavy atom. The maximum Gasteiger partial charge on any atom is -1.00 e. The summed E-state index contributed by atoms with van der Waals surface area (Å²) in [6, 6.07) is 58.6. The van der Waals surface area contributed by atoms with E-state index >= 15 is 9.59 Å². The first-order valence-electron chi connectivity index (χ1n) is 18.7. The van der Waals surface area contributed by atoms with Gasteiger partial charge in [-0.25, -0.2) is 0 Å². The summed E-state index contributed by atoms with van der Waals surface area (Å²) in [5.74, 6) is -0.969. The van der Waals surface area contributed by atoms with Crippen LogP contribution < -0.4 is 12.4 Å². The van der Waals surface area contributed by atoms with Gasteiger partial charge in [-0.05, 0) is 0 Å². The van der Waals surface area contributed by atoms with Crippen molar-refractivity contribution in [2.45, 2.75) is 45.4 Å². The van der Waals surface area contributed by atoms with E-state index in [1.54, 1.807) is 0 Å². The standard InChI is InChI=1S/2C20H16O2.C10H15.ClH.Ti/c2*21-19(22)20(16-10-4-1-5-11-16,17-12-6-2-7-13-17)18-14-8-3-9-15-18;1-7-6-10(4,5)9(3)8(7)2;;/h2*1-15H,(H,21,22);1-5H3;1H;/q;;;;+3/p-3. The predicted molar refractivity (Wildman–Crippen MR) is 215 cm³/mol. The molecule has 0 N–H and O–H groups in total. The molecule has 0 aliphatic heterocycles. The van der Waals surface area contributed by atoms with Gasteiger partial charge in [-0.3, -0.25) is 0 Å². The Hall–Kier alpha value is -5.26. The molecule has 0 heterocycles. The molecule has 0 amide bonds. The van der Waals surface area contributed by atoms with Gasteiger partial charge in [-0.1, -0.05) is 0 Å². The summed E-state index contributed by atoms with van der Waals surface area (Å²) in [6.45, 7) is 10.6. The zero-order valence-corrected chi connectivity index (χ0v) is 34.6. The van der Waals surface area contributed by atoms with Gasteiger partial charge in [0.2, 0.25) is 0 Å². The van der Waals surface area contributed by atoms with Crippen LogP contribution >= 0.6 is 0 Å². The second-order valence-corrected chi connectivity index (χ2v) is 17.0. The third-order valence-corrected chi connectivity index (χ3v) is 14.8. The van der Waals surface area contributed by atoms with E-state index in [9.17, 15) is 0 Å². The minimum atomic E-state index is -3.88. The number of hydrogen-bond donors (Lipinski definition) is 0. The quantitative estimate of drug-likeness (QED) is 0.0981. The molecule has 280 valence electrons. The third kappa shape index (κ3) is 6.92. The van der Waals surface area contributed by atoms with E-state index in [-0.39, 0.29) is 12.4 Å². The first kappa shape index (κ1) is 40.4. The zero-order valence-electron chi connectivity index (χ0n) is 32.3. The van der Waals surface area contributed by atoms with Gasteiger partial charge in [0.1, 0.15) is 0 Å². The van der Waals surface area contributed by atoms with Crippen LogP contribution in [0.4, 0.5) is 0 Å². The summed E-state index contributed by atoms with van der Waals surface area (Å²) in [5.41, 5.74) is 4.61.